The molecule has 1 aliphatic rings. The van der Waals surface area contributed by atoms with Crippen LogP contribution in [-0.2, 0) is 14.8 Å². The van der Waals surface area contributed by atoms with Crippen LogP contribution in [0.2, 0.25) is 0 Å². The average Bonchev–Trinajstić information content (AvgIpc) is 3.14. The van der Waals surface area contributed by atoms with Crippen LogP contribution < -0.4 is 5.32 Å². The normalized spacial score (nSPS) is 17.3. The van der Waals surface area contributed by atoms with Crippen molar-refractivity contribution >= 4 is 33.2 Å². The Morgan fingerprint density at radius 1 is 1.30 bits per heavy atom. The maximum Gasteiger partial charge on any atom is 0.326 e. The maximum atomic E-state index is 12.4. The first-order valence-corrected chi connectivity index (χ1v) is 9.68. The second kappa shape index (κ2) is 6.98. The lowest BCUT2D eigenvalue weighted by molar-refractivity contribution is -0.140. The van der Waals surface area contributed by atoms with Gasteiger partial charge < -0.3 is 10.4 Å². The van der Waals surface area contributed by atoms with Crippen molar-refractivity contribution in [1.29, 1.82) is 0 Å². The zero-order chi connectivity index (χ0) is 17.2. The molecule has 0 unspecified atom stereocenters. The molecule has 1 atom stereocenters. The number of carbonyl (C=O) groups is 2. The Morgan fingerprint density at radius 2 is 1.91 bits per heavy atom. The van der Waals surface area contributed by atoms with Gasteiger partial charge in [-0.25, -0.2) is 13.2 Å². The molecule has 2 N–H and O–H groups in total. The molecule has 1 fully saturated rings. The number of amides is 1. The second-order valence-electron chi connectivity index (χ2n) is 5.79. The molecule has 0 saturated carbocycles. The number of aliphatic carboxylic acids is 1. The number of hydrogen-bond donors (Lipinski definition) is 2. The molecule has 1 saturated heterocycles. The SMILES string of the molecule is CC(C)[C@@H](NC(=O)c1cc(S(=O)(=O)N2CCCC2)cs1)C(=O)O. The molecule has 1 amide bonds. The van der Waals surface area contributed by atoms with Crippen LogP contribution in [-0.4, -0.2) is 48.8 Å². The summed E-state index contributed by atoms with van der Waals surface area (Å²) in [6.07, 6.45) is 1.68. The summed E-state index contributed by atoms with van der Waals surface area (Å²) in [5.74, 6) is -1.96. The highest BCUT2D eigenvalue weighted by Crippen LogP contribution is 2.25. The number of nitrogens with zero attached hydrogens (tertiary/aromatic N) is 1. The Kier molecular flexibility index (Phi) is 5.43. The molecular weight excluding hydrogens is 340 g/mol. The van der Waals surface area contributed by atoms with E-state index in [1.54, 1.807) is 13.8 Å². The van der Waals surface area contributed by atoms with Crippen molar-refractivity contribution in [2.45, 2.75) is 37.6 Å². The van der Waals surface area contributed by atoms with Gasteiger partial charge in [0.05, 0.1) is 9.77 Å². The molecular formula is C14H20N2O5S2. The van der Waals surface area contributed by atoms with Gasteiger partial charge in [-0.15, -0.1) is 11.3 Å². The number of carbonyl (C=O) groups excluding carboxylic acids is 1. The summed E-state index contributed by atoms with van der Waals surface area (Å²) in [7, 11) is -3.57. The van der Waals surface area contributed by atoms with Crippen LogP contribution in [0, 0.1) is 5.92 Å². The standard InChI is InChI=1S/C14H20N2O5S2/c1-9(2)12(14(18)19)15-13(17)11-7-10(8-22-11)23(20,21)16-5-3-4-6-16/h7-9,12H,3-6H2,1-2H3,(H,15,17)(H,18,19)/t12-/m1/s1. The number of hydrogen-bond acceptors (Lipinski definition) is 5. The largest absolute Gasteiger partial charge is 0.480 e. The molecule has 9 heteroatoms. The summed E-state index contributed by atoms with van der Waals surface area (Å²) in [6.45, 7) is 4.37. The summed E-state index contributed by atoms with van der Waals surface area (Å²) in [5, 5.41) is 13.0. The second-order valence-corrected chi connectivity index (χ2v) is 8.64. The molecule has 1 aromatic heterocycles. The Hall–Kier alpha value is -1.45. The van der Waals surface area contributed by atoms with E-state index in [4.69, 9.17) is 5.11 Å². The van der Waals surface area contributed by atoms with Crippen molar-refractivity contribution < 1.29 is 23.1 Å². The van der Waals surface area contributed by atoms with Gasteiger partial charge in [0.1, 0.15) is 6.04 Å². The number of carboxylic acids is 1. The Labute approximate surface area is 139 Å². The molecule has 128 valence electrons. The monoisotopic (exact) mass is 360 g/mol. The third kappa shape index (κ3) is 3.91. The lowest BCUT2D eigenvalue weighted by Crippen LogP contribution is -2.44. The number of rotatable bonds is 6. The number of sulfonamides is 1. The molecule has 7 nitrogen and oxygen atoms in total. The fraction of sp³-hybridized carbons (Fsp3) is 0.571. The molecule has 1 aromatic rings. The fourth-order valence-electron chi connectivity index (χ4n) is 2.38. The van der Waals surface area contributed by atoms with E-state index in [1.165, 1.54) is 15.8 Å². The van der Waals surface area contributed by atoms with Crippen LogP contribution in [0.15, 0.2) is 16.3 Å². The molecule has 2 heterocycles. The highest BCUT2D eigenvalue weighted by Gasteiger charge is 2.30. The lowest BCUT2D eigenvalue weighted by Gasteiger charge is -2.17. The Morgan fingerprint density at radius 3 is 2.43 bits per heavy atom. The Bertz CT molecular complexity index is 690. The van der Waals surface area contributed by atoms with Gasteiger partial charge in [-0.2, -0.15) is 4.31 Å². The van der Waals surface area contributed by atoms with E-state index < -0.39 is 27.9 Å². The zero-order valence-corrected chi connectivity index (χ0v) is 14.6. The van der Waals surface area contributed by atoms with Crippen molar-refractivity contribution in [2.24, 2.45) is 5.92 Å². The molecule has 2 rings (SSSR count). The zero-order valence-electron chi connectivity index (χ0n) is 13.0. The highest BCUT2D eigenvalue weighted by atomic mass is 32.2. The first kappa shape index (κ1) is 17.9. The van der Waals surface area contributed by atoms with Gasteiger partial charge >= 0.3 is 5.97 Å². The van der Waals surface area contributed by atoms with Crippen molar-refractivity contribution in [3.05, 3.63) is 16.3 Å². The first-order chi connectivity index (χ1) is 10.7. The van der Waals surface area contributed by atoms with E-state index in [0.717, 1.165) is 24.2 Å². The van der Waals surface area contributed by atoms with E-state index in [-0.39, 0.29) is 15.7 Å². The summed E-state index contributed by atoms with van der Waals surface area (Å²) < 4.78 is 26.2. The van der Waals surface area contributed by atoms with E-state index in [1.807, 2.05) is 0 Å². The lowest BCUT2D eigenvalue weighted by atomic mass is 10.0. The number of thiophene rings is 1. The maximum absolute atomic E-state index is 12.4. The van der Waals surface area contributed by atoms with Crippen molar-refractivity contribution in [1.82, 2.24) is 9.62 Å². The topological polar surface area (TPSA) is 104 Å². The van der Waals surface area contributed by atoms with Crippen LogP contribution in [0.5, 0.6) is 0 Å². The van der Waals surface area contributed by atoms with Gasteiger partial charge in [-0.05, 0) is 24.8 Å². The quantitative estimate of drug-likeness (QED) is 0.797. The predicted molar refractivity (Wildman–Crippen MR) is 86.0 cm³/mol. The number of carboxylic acid groups (broad SMARTS) is 1. The molecule has 23 heavy (non-hydrogen) atoms. The fourth-order valence-corrected chi connectivity index (χ4v) is 5.06. The molecule has 0 aromatic carbocycles. The predicted octanol–water partition coefficient (Wildman–Crippen LogP) is 1.37. The van der Waals surface area contributed by atoms with Crippen molar-refractivity contribution in [3.8, 4) is 0 Å². The van der Waals surface area contributed by atoms with E-state index in [2.05, 4.69) is 5.32 Å². The van der Waals surface area contributed by atoms with Gasteiger partial charge in [-0.1, -0.05) is 13.8 Å². The molecule has 0 radical (unpaired) electrons. The van der Waals surface area contributed by atoms with Gasteiger partial charge in [0.2, 0.25) is 10.0 Å². The van der Waals surface area contributed by atoms with Crippen LogP contribution in [0.4, 0.5) is 0 Å². The van der Waals surface area contributed by atoms with E-state index in [9.17, 15) is 18.0 Å². The molecule has 0 spiro atoms. The van der Waals surface area contributed by atoms with E-state index >= 15 is 0 Å². The van der Waals surface area contributed by atoms with Crippen LogP contribution in [0.3, 0.4) is 0 Å². The van der Waals surface area contributed by atoms with Crippen LogP contribution in [0.25, 0.3) is 0 Å². The summed E-state index contributed by atoms with van der Waals surface area (Å²) >= 11 is 0.998. The number of nitrogens with one attached hydrogen (secondary N) is 1. The van der Waals surface area contributed by atoms with Crippen LogP contribution in [0.1, 0.15) is 36.4 Å². The third-order valence-electron chi connectivity index (χ3n) is 3.72. The smallest absolute Gasteiger partial charge is 0.326 e. The minimum atomic E-state index is -3.57. The van der Waals surface area contributed by atoms with Gasteiger partial charge in [0.15, 0.2) is 0 Å². The summed E-state index contributed by atoms with van der Waals surface area (Å²) in [4.78, 5) is 23.6. The minimum Gasteiger partial charge on any atom is -0.480 e. The van der Waals surface area contributed by atoms with Gasteiger partial charge in [-0.3, -0.25) is 4.79 Å². The summed E-state index contributed by atoms with van der Waals surface area (Å²) in [6, 6.07) is 0.302. The van der Waals surface area contributed by atoms with Crippen molar-refractivity contribution in [3.63, 3.8) is 0 Å². The molecule has 0 bridgehead atoms. The molecule has 0 aliphatic carbocycles. The average molecular weight is 360 g/mol. The Balaban J connectivity index is 2.15. The van der Waals surface area contributed by atoms with Crippen molar-refractivity contribution in [2.75, 3.05) is 13.1 Å². The highest BCUT2D eigenvalue weighted by molar-refractivity contribution is 7.89. The first-order valence-electron chi connectivity index (χ1n) is 7.36. The third-order valence-corrected chi connectivity index (χ3v) is 6.68. The van der Waals surface area contributed by atoms with Gasteiger partial charge in [0.25, 0.3) is 5.91 Å². The van der Waals surface area contributed by atoms with Gasteiger partial charge in [0, 0.05) is 18.5 Å². The van der Waals surface area contributed by atoms with Crippen LogP contribution >= 0.6 is 11.3 Å². The van der Waals surface area contributed by atoms with E-state index in [0.29, 0.717) is 13.1 Å². The molecule has 1 aliphatic heterocycles. The minimum absolute atomic E-state index is 0.0889. The summed E-state index contributed by atoms with van der Waals surface area (Å²) in [5.41, 5.74) is 0.